The van der Waals surface area contributed by atoms with Crippen LogP contribution in [0.25, 0.3) is 0 Å². The lowest BCUT2D eigenvalue weighted by Gasteiger charge is -2.09. The predicted octanol–water partition coefficient (Wildman–Crippen LogP) is 4.94. The van der Waals surface area contributed by atoms with Crippen molar-refractivity contribution in [1.29, 1.82) is 0 Å². The van der Waals surface area contributed by atoms with Crippen molar-refractivity contribution in [2.45, 2.75) is 11.8 Å². The quantitative estimate of drug-likeness (QED) is 0.217. The Morgan fingerprint density at radius 1 is 1.00 bits per heavy atom. The molecule has 0 spiro atoms. The Hall–Kier alpha value is -3.67. The van der Waals surface area contributed by atoms with E-state index in [1.807, 2.05) is 0 Å². The lowest BCUT2D eigenvalue weighted by Crippen LogP contribution is -2.08. The predicted molar refractivity (Wildman–Crippen MR) is 109 cm³/mol. The highest BCUT2D eigenvalue weighted by atomic mass is 32.3. The van der Waals surface area contributed by atoms with E-state index < -0.39 is 26.0 Å². The molecule has 0 aliphatic rings. The van der Waals surface area contributed by atoms with Gasteiger partial charge in [-0.1, -0.05) is 23.4 Å². The van der Waals surface area contributed by atoms with Gasteiger partial charge in [0, 0.05) is 11.8 Å². The standard InChI is InChI=1S/C19H16N4O6S/c1-12-2-8-17(19(24)10-12)22-21-14-5-3-13(4-6-14)20-16-9-7-15(30(27,28)29)11-18(16)23(25)26/h2-11H,1H3,(H3-,20,21,22,24,27,28,29). The normalized spacial score (nSPS) is 11.6. The van der Waals surface area contributed by atoms with E-state index in [1.165, 1.54) is 12.1 Å². The molecule has 0 atom stereocenters. The first-order valence-electron chi connectivity index (χ1n) is 8.47. The Balaban J connectivity index is 1.79. The smallest absolute Gasteiger partial charge is 0.386 e. The first kappa shape index (κ1) is 21.0. The third-order valence-electron chi connectivity index (χ3n) is 4.01. The van der Waals surface area contributed by atoms with E-state index in [-0.39, 0.29) is 17.1 Å². The van der Waals surface area contributed by atoms with Gasteiger partial charge in [-0.05, 0) is 47.5 Å². The SMILES string of the molecule is Cc1ccc(N=Nc2ccc(Nc3ccc([S+](=O)(O)O)cc3[N+](=O)[O-])cc2)c([O-])c1. The summed E-state index contributed by atoms with van der Waals surface area (Å²) < 4.78 is 29.6. The average molecular weight is 428 g/mol. The number of nitro benzene ring substituents is 1. The molecule has 0 bridgehead atoms. The van der Waals surface area contributed by atoms with E-state index in [9.17, 15) is 28.5 Å². The van der Waals surface area contributed by atoms with Gasteiger partial charge in [0.05, 0.1) is 22.4 Å². The number of hydrogen-bond acceptors (Lipinski definition) is 7. The van der Waals surface area contributed by atoms with Gasteiger partial charge in [-0.25, -0.2) is 0 Å². The highest BCUT2D eigenvalue weighted by Gasteiger charge is 2.29. The van der Waals surface area contributed by atoms with Crippen LogP contribution in [0.4, 0.5) is 28.4 Å². The number of nitrogens with zero attached hydrogens (tertiary/aromatic N) is 3. The highest BCUT2D eigenvalue weighted by Crippen LogP contribution is 2.32. The van der Waals surface area contributed by atoms with Crippen LogP contribution in [0.1, 0.15) is 5.56 Å². The molecule has 11 heteroatoms. The molecule has 3 N–H and O–H groups in total. The number of benzene rings is 3. The van der Waals surface area contributed by atoms with Crippen molar-refractivity contribution in [2.24, 2.45) is 10.2 Å². The number of hydrogen-bond donors (Lipinski definition) is 3. The maximum absolute atomic E-state index is 11.8. The van der Waals surface area contributed by atoms with Crippen LogP contribution >= 0.6 is 0 Å². The Bertz CT molecular complexity index is 1170. The van der Waals surface area contributed by atoms with E-state index in [2.05, 4.69) is 15.5 Å². The van der Waals surface area contributed by atoms with Crippen LogP contribution in [0, 0.1) is 17.0 Å². The highest BCUT2D eigenvalue weighted by molar-refractivity contribution is 7.92. The van der Waals surface area contributed by atoms with Gasteiger partial charge < -0.3 is 10.4 Å². The van der Waals surface area contributed by atoms with Crippen molar-refractivity contribution >= 4 is 38.9 Å². The molecule has 0 amide bonds. The number of nitrogens with one attached hydrogen (secondary N) is 1. The first-order valence-corrected chi connectivity index (χ1v) is 9.95. The fourth-order valence-corrected chi connectivity index (χ4v) is 3.03. The van der Waals surface area contributed by atoms with Gasteiger partial charge in [-0.2, -0.15) is 19.3 Å². The second-order valence-electron chi connectivity index (χ2n) is 6.28. The minimum Gasteiger partial charge on any atom is -0.871 e. The van der Waals surface area contributed by atoms with Crippen LogP contribution in [-0.4, -0.2) is 14.0 Å². The summed E-state index contributed by atoms with van der Waals surface area (Å²) in [5.41, 5.74) is 1.58. The number of rotatable bonds is 6. The lowest BCUT2D eigenvalue weighted by atomic mass is 10.2. The fraction of sp³-hybridized carbons (Fsp3) is 0.0526. The minimum absolute atomic E-state index is 0.0671. The van der Waals surface area contributed by atoms with Crippen LogP contribution in [-0.2, 0) is 14.7 Å². The van der Waals surface area contributed by atoms with Crippen LogP contribution in [0.15, 0.2) is 75.8 Å². The third-order valence-corrected chi connectivity index (χ3v) is 4.88. The topological polar surface area (TPSA) is 160 Å². The van der Waals surface area contributed by atoms with Crippen molar-refractivity contribution in [3.8, 4) is 5.75 Å². The van der Waals surface area contributed by atoms with Gasteiger partial charge in [0.15, 0.2) is 0 Å². The minimum atomic E-state index is -4.32. The number of aryl methyl sites for hydroxylation is 1. The van der Waals surface area contributed by atoms with E-state index in [4.69, 9.17) is 0 Å². The first-order chi connectivity index (χ1) is 14.1. The average Bonchev–Trinajstić information content (AvgIpc) is 2.68. The number of anilines is 2. The summed E-state index contributed by atoms with van der Waals surface area (Å²) in [4.78, 5) is 10.1. The van der Waals surface area contributed by atoms with E-state index in [1.54, 1.807) is 43.3 Å². The van der Waals surface area contributed by atoms with Gasteiger partial charge >= 0.3 is 10.5 Å². The fourth-order valence-electron chi connectivity index (χ4n) is 2.52. The summed E-state index contributed by atoms with van der Waals surface area (Å²) in [5, 5.41) is 33.9. The van der Waals surface area contributed by atoms with Crippen molar-refractivity contribution < 1.29 is 23.3 Å². The van der Waals surface area contributed by atoms with Crippen molar-refractivity contribution in [2.75, 3.05) is 5.32 Å². The molecule has 30 heavy (non-hydrogen) atoms. The Morgan fingerprint density at radius 3 is 2.30 bits per heavy atom. The largest absolute Gasteiger partial charge is 0.871 e. The number of azo groups is 1. The van der Waals surface area contributed by atoms with Crippen LogP contribution in [0.5, 0.6) is 5.75 Å². The zero-order valence-electron chi connectivity index (χ0n) is 15.6. The Kier molecular flexibility index (Phi) is 5.87. The lowest BCUT2D eigenvalue weighted by molar-refractivity contribution is -0.384. The van der Waals surface area contributed by atoms with Crippen molar-refractivity contribution in [3.63, 3.8) is 0 Å². The summed E-state index contributed by atoms with van der Waals surface area (Å²) >= 11 is 0. The van der Waals surface area contributed by atoms with Gasteiger partial charge in [0.25, 0.3) is 5.69 Å². The zero-order chi connectivity index (χ0) is 21.9. The second-order valence-corrected chi connectivity index (χ2v) is 7.74. The van der Waals surface area contributed by atoms with Gasteiger partial charge in [-0.15, -0.1) is 0 Å². The van der Waals surface area contributed by atoms with E-state index >= 15 is 0 Å². The maximum atomic E-state index is 11.8. The monoisotopic (exact) mass is 428 g/mol. The van der Waals surface area contributed by atoms with E-state index in [0.29, 0.717) is 11.4 Å². The molecule has 3 aromatic rings. The summed E-state index contributed by atoms with van der Waals surface area (Å²) in [6.07, 6.45) is 0. The third kappa shape index (κ3) is 5.03. The molecule has 3 aromatic carbocycles. The Labute approximate surface area is 172 Å². The van der Waals surface area contributed by atoms with Crippen molar-refractivity contribution in [3.05, 3.63) is 76.3 Å². The molecule has 0 saturated carbocycles. The molecule has 154 valence electrons. The summed E-state index contributed by atoms with van der Waals surface area (Å²) in [6, 6.07) is 14.4. The molecule has 0 aliphatic carbocycles. The molecule has 0 heterocycles. The van der Waals surface area contributed by atoms with Crippen LogP contribution < -0.4 is 10.4 Å². The molecule has 0 saturated heterocycles. The number of nitro groups is 1. The van der Waals surface area contributed by atoms with Gasteiger partial charge in [0.1, 0.15) is 5.69 Å². The molecule has 0 aliphatic heterocycles. The van der Waals surface area contributed by atoms with E-state index in [0.717, 1.165) is 17.7 Å². The second kappa shape index (κ2) is 8.37. The maximum Gasteiger partial charge on any atom is 0.386 e. The molecular formula is C19H16N4O6S. The molecule has 0 aromatic heterocycles. The summed E-state index contributed by atoms with van der Waals surface area (Å²) in [5.74, 6) is -0.234. The molecular weight excluding hydrogens is 412 g/mol. The van der Waals surface area contributed by atoms with Gasteiger partial charge in [0.2, 0.25) is 4.90 Å². The zero-order valence-corrected chi connectivity index (χ0v) is 16.4. The summed E-state index contributed by atoms with van der Waals surface area (Å²) in [7, 11) is -4.32. The molecule has 10 nitrogen and oxygen atoms in total. The van der Waals surface area contributed by atoms with Crippen molar-refractivity contribution in [1.82, 2.24) is 0 Å². The molecule has 0 fully saturated rings. The van der Waals surface area contributed by atoms with Gasteiger partial charge in [-0.3, -0.25) is 10.1 Å². The molecule has 0 unspecified atom stereocenters. The molecule has 0 radical (unpaired) electrons. The summed E-state index contributed by atoms with van der Waals surface area (Å²) in [6.45, 7) is 1.80. The Morgan fingerprint density at radius 2 is 1.70 bits per heavy atom. The van der Waals surface area contributed by atoms with Crippen LogP contribution in [0.2, 0.25) is 0 Å². The van der Waals surface area contributed by atoms with Crippen LogP contribution in [0.3, 0.4) is 0 Å². The molecule has 3 rings (SSSR count).